The van der Waals surface area contributed by atoms with Gasteiger partial charge < -0.3 is 15.6 Å². The van der Waals surface area contributed by atoms with Crippen molar-refractivity contribution in [2.24, 2.45) is 11.1 Å². The minimum absolute atomic E-state index is 0. The molecule has 1 amide bonds. The minimum atomic E-state index is -0.129. The number of carbonyl (C=O) groups is 1. The summed E-state index contributed by atoms with van der Waals surface area (Å²) in [6, 6.07) is 7.28. The Morgan fingerprint density at radius 2 is 2.08 bits per heavy atom. The van der Waals surface area contributed by atoms with E-state index in [0.29, 0.717) is 30.2 Å². The molecular weight excluding hydrogens is 340 g/mol. The lowest BCUT2D eigenvalue weighted by molar-refractivity contribution is 0.0953. The third-order valence-electron chi connectivity index (χ3n) is 3.42. The zero-order chi connectivity index (χ0) is 17.7. The molecule has 7 heteroatoms. The van der Waals surface area contributed by atoms with Crippen LogP contribution in [0.4, 0.5) is 0 Å². The lowest BCUT2D eigenvalue weighted by Crippen LogP contribution is -2.28. The van der Waals surface area contributed by atoms with E-state index in [9.17, 15) is 4.79 Å². The molecule has 2 rings (SSSR count). The normalized spacial score (nSPS) is 12.4. The van der Waals surface area contributed by atoms with E-state index in [1.165, 1.54) is 0 Å². The van der Waals surface area contributed by atoms with Crippen LogP contribution in [-0.2, 0) is 6.42 Å². The molecule has 1 atom stereocenters. The molecule has 1 aromatic carbocycles. The van der Waals surface area contributed by atoms with Gasteiger partial charge in [0.05, 0.1) is 0 Å². The van der Waals surface area contributed by atoms with Gasteiger partial charge in [-0.05, 0) is 30.9 Å². The predicted molar refractivity (Wildman–Crippen MR) is 101 cm³/mol. The van der Waals surface area contributed by atoms with E-state index in [1.807, 2.05) is 19.1 Å². The summed E-state index contributed by atoms with van der Waals surface area (Å²) < 4.78 is 5.31. The Morgan fingerprint density at radius 3 is 2.72 bits per heavy atom. The van der Waals surface area contributed by atoms with Crippen molar-refractivity contribution < 1.29 is 9.32 Å². The molecule has 6 nitrogen and oxygen atoms in total. The molecule has 0 bridgehead atoms. The van der Waals surface area contributed by atoms with Crippen LogP contribution in [0, 0.1) is 5.41 Å². The average Bonchev–Trinajstić information content (AvgIpc) is 2.93. The van der Waals surface area contributed by atoms with Crippen LogP contribution in [0.5, 0.6) is 0 Å². The lowest BCUT2D eigenvalue weighted by atomic mass is 9.92. The van der Waals surface area contributed by atoms with Crippen molar-refractivity contribution in [2.45, 2.75) is 46.6 Å². The molecule has 1 aromatic heterocycles. The number of nitrogens with one attached hydrogen (secondary N) is 1. The van der Waals surface area contributed by atoms with Crippen LogP contribution in [0.15, 0.2) is 28.8 Å². The van der Waals surface area contributed by atoms with Crippen LogP contribution in [0.25, 0.3) is 11.4 Å². The van der Waals surface area contributed by atoms with Crippen LogP contribution in [0.2, 0.25) is 0 Å². The molecule has 1 unspecified atom stereocenters. The highest BCUT2D eigenvalue weighted by atomic mass is 35.5. The highest BCUT2D eigenvalue weighted by molar-refractivity contribution is 5.95. The molecular formula is C18H27ClN4O2. The highest BCUT2D eigenvalue weighted by Crippen LogP contribution is 2.22. The van der Waals surface area contributed by atoms with E-state index in [0.717, 1.165) is 12.0 Å². The van der Waals surface area contributed by atoms with Crippen molar-refractivity contribution in [3.05, 3.63) is 35.7 Å². The number of amides is 1. The van der Waals surface area contributed by atoms with Gasteiger partial charge in [-0.25, -0.2) is 0 Å². The SMILES string of the molecule is CC(N)CCNC(=O)c1cccc(-c2noc(CC(C)(C)C)n2)c1.Cl. The summed E-state index contributed by atoms with van der Waals surface area (Å²) in [7, 11) is 0. The standard InChI is InChI=1S/C18H26N4O2.ClH/c1-12(19)8-9-20-17(23)14-7-5-6-13(10-14)16-21-15(24-22-16)11-18(2,3)4;/h5-7,10,12H,8-9,11,19H2,1-4H3,(H,20,23);1H. The lowest BCUT2D eigenvalue weighted by Gasteiger charge is -2.13. The topological polar surface area (TPSA) is 94.0 Å². The van der Waals surface area contributed by atoms with Crippen molar-refractivity contribution in [1.29, 1.82) is 0 Å². The maximum absolute atomic E-state index is 12.2. The van der Waals surface area contributed by atoms with Gasteiger partial charge in [0, 0.05) is 30.1 Å². The van der Waals surface area contributed by atoms with E-state index >= 15 is 0 Å². The minimum Gasteiger partial charge on any atom is -0.352 e. The van der Waals surface area contributed by atoms with E-state index in [4.69, 9.17) is 10.3 Å². The summed E-state index contributed by atoms with van der Waals surface area (Å²) in [5, 5.41) is 6.88. The molecule has 0 aliphatic heterocycles. The highest BCUT2D eigenvalue weighted by Gasteiger charge is 2.17. The number of rotatable bonds is 6. The fraction of sp³-hybridized carbons (Fsp3) is 0.500. The summed E-state index contributed by atoms with van der Waals surface area (Å²) in [6.07, 6.45) is 1.45. The molecule has 0 radical (unpaired) electrons. The van der Waals surface area contributed by atoms with Crippen molar-refractivity contribution >= 4 is 18.3 Å². The van der Waals surface area contributed by atoms with Gasteiger partial charge in [-0.3, -0.25) is 4.79 Å². The Kier molecular flexibility index (Phi) is 7.58. The Balaban J connectivity index is 0.00000312. The summed E-state index contributed by atoms with van der Waals surface area (Å²) in [5.41, 5.74) is 7.09. The Hall–Kier alpha value is -1.92. The first-order valence-electron chi connectivity index (χ1n) is 8.21. The van der Waals surface area contributed by atoms with Crippen molar-refractivity contribution in [1.82, 2.24) is 15.5 Å². The molecule has 0 aliphatic rings. The summed E-state index contributed by atoms with van der Waals surface area (Å²) in [4.78, 5) is 16.6. The fourth-order valence-electron chi connectivity index (χ4n) is 2.21. The average molecular weight is 367 g/mol. The molecule has 0 spiro atoms. The monoisotopic (exact) mass is 366 g/mol. The second kappa shape index (κ2) is 8.97. The molecule has 138 valence electrons. The molecule has 1 heterocycles. The van der Waals surface area contributed by atoms with Crippen molar-refractivity contribution in [3.8, 4) is 11.4 Å². The predicted octanol–water partition coefficient (Wildman–Crippen LogP) is 3.21. The fourth-order valence-corrected chi connectivity index (χ4v) is 2.21. The molecule has 3 N–H and O–H groups in total. The van der Waals surface area contributed by atoms with Gasteiger partial charge >= 0.3 is 0 Å². The largest absolute Gasteiger partial charge is 0.352 e. The van der Waals surface area contributed by atoms with Crippen molar-refractivity contribution in [3.63, 3.8) is 0 Å². The number of halogens is 1. The first kappa shape index (κ1) is 21.1. The van der Waals surface area contributed by atoms with Crippen LogP contribution in [-0.4, -0.2) is 28.6 Å². The molecule has 2 aromatic rings. The van der Waals surface area contributed by atoms with Gasteiger partial charge in [-0.15, -0.1) is 12.4 Å². The van der Waals surface area contributed by atoms with Gasteiger partial charge in [0.1, 0.15) is 0 Å². The molecule has 25 heavy (non-hydrogen) atoms. The van der Waals surface area contributed by atoms with Gasteiger partial charge in [0.25, 0.3) is 5.91 Å². The molecule has 0 saturated heterocycles. The maximum atomic E-state index is 12.2. The van der Waals surface area contributed by atoms with E-state index < -0.39 is 0 Å². The molecule has 0 saturated carbocycles. The number of carbonyl (C=O) groups excluding carboxylic acids is 1. The van der Waals surface area contributed by atoms with Crippen molar-refractivity contribution in [2.75, 3.05) is 6.54 Å². The van der Waals surface area contributed by atoms with Crippen LogP contribution >= 0.6 is 12.4 Å². The first-order chi connectivity index (χ1) is 11.2. The molecule has 0 fully saturated rings. The third kappa shape index (κ3) is 6.84. The number of benzene rings is 1. The summed E-state index contributed by atoms with van der Waals surface area (Å²) >= 11 is 0. The number of aromatic nitrogens is 2. The number of nitrogens with two attached hydrogens (primary N) is 1. The summed E-state index contributed by atoms with van der Waals surface area (Å²) in [5.74, 6) is 0.972. The van der Waals surface area contributed by atoms with Gasteiger partial charge in [0.2, 0.25) is 11.7 Å². The number of hydrogen-bond acceptors (Lipinski definition) is 5. The quantitative estimate of drug-likeness (QED) is 0.818. The zero-order valence-corrected chi connectivity index (χ0v) is 16.0. The van der Waals surface area contributed by atoms with E-state index in [-0.39, 0.29) is 29.8 Å². The van der Waals surface area contributed by atoms with E-state index in [2.05, 4.69) is 36.2 Å². The Morgan fingerprint density at radius 1 is 1.36 bits per heavy atom. The zero-order valence-electron chi connectivity index (χ0n) is 15.2. The molecule has 0 aliphatic carbocycles. The Labute approximate surface area is 155 Å². The summed E-state index contributed by atoms with van der Waals surface area (Å²) in [6.45, 7) is 8.81. The van der Waals surface area contributed by atoms with Gasteiger partial charge in [-0.1, -0.05) is 38.1 Å². The van der Waals surface area contributed by atoms with Gasteiger partial charge in [0.15, 0.2) is 0 Å². The second-order valence-electron chi connectivity index (χ2n) is 7.35. The van der Waals surface area contributed by atoms with Crippen LogP contribution in [0.1, 0.15) is 50.4 Å². The van der Waals surface area contributed by atoms with E-state index in [1.54, 1.807) is 12.1 Å². The maximum Gasteiger partial charge on any atom is 0.251 e. The second-order valence-corrected chi connectivity index (χ2v) is 7.35. The first-order valence-corrected chi connectivity index (χ1v) is 8.21. The number of hydrogen-bond donors (Lipinski definition) is 2. The van der Waals surface area contributed by atoms with Crippen LogP contribution in [0.3, 0.4) is 0 Å². The van der Waals surface area contributed by atoms with Crippen LogP contribution < -0.4 is 11.1 Å². The Bertz CT molecular complexity index is 692. The third-order valence-corrected chi connectivity index (χ3v) is 3.42. The number of nitrogens with zero attached hydrogens (tertiary/aromatic N) is 2. The van der Waals surface area contributed by atoms with Gasteiger partial charge in [-0.2, -0.15) is 4.98 Å². The smallest absolute Gasteiger partial charge is 0.251 e.